The van der Waals surface area contributed by atoms with Gasteiger partial charge in [0.15, 0.2) is 0 Å². The Bertz CT molecular complexity index is 2480. The molecule has 4 rings (SSSR count). The van der Waals surface area contributed by atoms with Crippen LogP contribution in [0, 0.1) is 12.8 Å². The maximum Gasteiger partial charge on any atom is 0.326 e. The molecule has 0 spiro atoms. The van der Waals surface area contributed by atoms with Crippen molar-refractivity contribution >= 4 is 70.8 Å². The number of aliphatic carboxylic acids is 3. The molecule has 2 heterocycles. The number of hydrogen-bond donors (Lipinski definition) is 10. The second-order valence-electron chi connectivity index (χ2n) is 19.3. The van der Waals surface area contributed by atoms with E-state index in [1.165, 1.54) is 0 Å². The Morgan fingerprint density at radius 1 is 0.705 bits per heavy atom. The minimum atomic E-state index is -1.71. The van der Waals surface area contributed by atoms with E-state index in [2.05, 4.69) is 42.2 Å². The van der Waals surface area contributed by atoms with Gasteiger partial charge in [0.05, 0.1) is 25.1 Å². The Balaban J connectivity index is 0.0000160. The summed E-state index contributed by atoms with van der Waals surface area (Å²) < 4.78 is 0. The van der Waals surface area contributed by atoms with Gasteiger partial charge in [0, 0.05) is 77.0 Å². The molecule has 0 unspecified atom stereocenters. The Morgan fingerprint density at radius 3 is 1.96 bits per heavy atom. The fraction of sp³-hybridized carbons (Fsp3) is 0.500. The number of carbonyl (C=O) groups excluding carboxylic acids is 7. The molecule has 1 aliphatic rings. The van der Waals surface area contributed by atoms with Crippen LogP contribution in [0.3, 0.4) is 0 Å². The molecule has 425 valence electrons. The Kier molecular flexibility index (Phi) is 28.7. The molecule has 10 N–H and O–H groups in total. The molecule has 1 fully saturated rings. The zero-order valence-corrected chi connectivity index (χ0v) is 47.1. The fourth-order valence-corrected chi connectivity index (χ4v) is 8.57. The minimum Gasteiger partial charge on any atom is -0.481 e. The third-order valence-electron chi connectivity index (χ3n) is 12.7. The first-order chi connectivity index (χ1) is 36.8. The zero-order chi connectivity index (χ0) is 56.3. The number of aromatic nitrogens is 1. The average Bonchev–Trinajstić information content (AvgIpc) is 3.89. The van der Waals surface area contributed by atoms with E-state index < -0.39 is 84.1 Å². The van der Waals surface area contributed by atoms with Crippen molar-refractivity contribution in [1.82, 2.24) is 41.4 Å². The fourth-order valence-electron chi connectivity index (χ4n) is 8.57. The molecule has 24 heteroatoms. The second kappa shape index (κ2) is 34.5. The predicted molar refractivity (Wildman–Crippen MR) is 284 cm³/mol. The number of nitrogens with one attached hydrogen (secondary N) is 7. The molecule has 78 heavy (non-hydrogen) atoms. The summed E-state index contributed by atoms with van der Waals surface area (Å²) in [6.45, 7) is 6.76. The molecule has 1 radical (unpaired) electrons. The van der Waals surface area contributed by atoms with Gasteiger partial charge < -0.3 is 57.4 Å². The van der Waals surface area contributed by atoms with Gasteiger partial charge in [-0.3, -0.25) is 48.2 Å². The van der Waals surface area contributed by atoms with Crippen LogP contribution in [0.15, 0.2) is 72.9 Å². The monoisotopic (exact) mass is 1260 g/mol. The third-order valence-corrected chi connectivity index (χ3v) is 12.7. The van der Waals surface area contributed by atoms with Gasteiger partial charge in [0.1, 0.15) is 24.2 Å². The van der Waals surface area contributed by atoms with Crippen LogP contribution in [0.4, 0.5) is 16.2 Å². The number of amides is 8. The zero-order valence-electron chi connectivity index (χ0n) is 44.4. The molecule has 8 amide bonds. The van der Waals surface area contributed by atoms with Gasteiger partial charge >= 0.3 is 23.9 Å². The molecule has 1 aliphatic heterocycles. The number of carboxylic acids is 3. The summed E-state index contributed by atoms with van der Waals surface area (Å²) in [4.78, 5) is 135. The number of unbranched alkanes of at least 4 members (excludes halogenated alkanes) is 4. The van der Waals surface area contributed by atoms with E-state index in [1.807, 2.05) is 36.1 Å². The van der Waals surface area contributed by atoms with Crippen molar-refractivity contribution in [3.05, 3.63) is 89.7 Å². The summed E-state index contributed by atoms with van der Waals surface area (Å²) in [6, 6.07) is 13.3. The van der Waals surface area contributed by atoms with E-state index in [0.29, 0.717) is 55.8 Å². The van der Waals surface area contributed by atoms with Crippen LogP contribution < -0.4 is 37.2 Å². The van der Waals surface area contributed by atoms with Crippen LogP contribution in [0.5, 0.6) is 0 Å². The Morgan fingerprint density at radius 2 is 1.35 bits per heavy atom. The summed E-state index contributed by atoms with van der Waals surface area (Å²) in [5.41, 5.74) is 3.25. The number of anilines is 2. The Labute approximate surface area is 467 Å². The van der Waals surface area contributed by atoms with E-state index >= 15 is 0 Å². The van der Waals surface area contributed by atoms with Crippen LogP contribution in [0.25, 0.3) is 0 Å². The number of carboxylic acid groups (broad SMARTS) is 3. The van der Waals surface area contributed by atoms with Gasteiger partial charge in [0.25, 0.3) is 0 Å². The standard InChI is InChI=1S/C54H74N10O13.Re/c1-35(2)49(52(74)64-30-14-19-43(64)53(75)76)62-51(73)42(32-47(68)69)60-50(72)41(59-46(67)31-37-20-22-38(23-21-37)58-54(77)61-40-17-7-6-15-36(40)3)18-9-12-28-57-45(66)25-24-44(65)56-27-10-4-5-13-29-63(34-48(70)71)33-39-16-8-11-26-55-39;/h6-8,11,15-17,20-23,26,35,41-43,49H,4-5,9-10,12-14,18-19,24-25,27-34H2,1-3H3,(H,56,65)(H,57,66)(H,59,67)(H,60,72)(H,62,73)(H,68,69)(H,70,71)(H,75,76)(H2,58,61,77);/t41-,42-,43-,49-;/m0./s1. The molecular formula is C54H74N10O13Re. The van der Waals surface area contributed by atoms with Crippen LogP contribution in [-0.4, -0.2) is 146 Å². The second-order valence-corrected chi connectivity index (χ2v) is 19.3. The molecule has 0 saturated carbocycles. The first-order valence-corrected chi connectivity index (χ1v) is 26.0. The van der Waals surface area contributed by atoms with Crippen LogP contribution in [0.1, 0.15) is 108 Å². The van der Waals surface area contributed by atoms with E-state index in [1.54, 1.807) is 62.5 Å². The van der Waals surface area contributed by atoms with Gasteiger partial charge in [-0.15, -0.1) is 0 Å². The SMILES string of the molecule is Cc1ccccc1NC(=O)Nc1ccc(CC(=O)N[C@@H](CCCCNC(=O)CCC(=O)NCCCCCCN(CC(=O)O)Cc2ccccn2)C(=O)N[C@@H](CC(=O)O)C(=O)N[C@H](C(=O)N2CCC[C@H]2C(=O)O)C(C)C)cc1.[Re]. The number of hydrogen-bond acceptors (Lipinski definition) is 12. The predicted octanol–water partition coefficient (Wildman–Crippen LogP) is 3.56. The van der Waals surface area contributed by atoms with Crippen molar-refractivity contribution < 1.29 is 83.7 Å². The number of urea groups is 1. The van der Waals surface area contributed by atoms with E-state index in [9.17, 15) is 63.3 Å². The van der Waals surface area contributed by atoms with E-state index in [-0.39, 0.29) is 90.4 Å². The maximum atomic E-state index is 14.0. The van der Waals surface area contributed by atoms with Crippen molar-refractivity contribution in [2.45, 2.75) is 135 Å². The number of aryl methyl sites for hydroxylation is 1. The number of carbonyl (C=O) groups is 10. The van der Waals surface area contributed by atoms with Crippen LogP contribution in [-0.2, 0) is 76.5 Å². The molecule has 2 aromatic carbocycles. The van der Waals surface area contributed by atoms with E-state index in [0.717, 1.165) is 35.4 Å². The topological polar surface area (TPSA) is 335 Å². The van der Waals surface area contributed by atoms with Crippen LogP contribution >= 0.6 is 0 Å². The van der Waals surface area contributed by atoms with Crippen molar-refractivity contribution in [3.63, 3.8) is 0 Å². The number of likely N-dealkylation sites (tertiary alicyclic amines) is 1. The summed E-state index contributed by atoms with van der Waals surface area (Å²) in [7, 11) is 0. The van der Waals surface area contributed by atoms with Gasteiger partial charge in [-0.2, -0.15) is 0 Å². The smallest absolute Gasteiger partial charge is 0.326 e. The molecule has 0 aliphatic carbocycles. The van der Waals surface area contributed by atoms with Gasteiger partial charge in [-0.25, -0.2) is 9.59 Å². The molecule has 1 saturated heterocycles. The molecule has 0 bridgehead atoms. The number of rotatable bonds is 33. The Hall–Kier alpha value is -7.29. The summed E-state index contributed by atoms with van der Waals surface area (Å²) >= 11 is 0. The number of benzene rings is 2. The first-order valence-electron chi connectivity index (χ1n) is 26.0. The maximum absolute atomic E-state index is 14.0. The molecule has 3 aromatic rings. The molecule has 1 aromatic heterocycles. The summed E-state index contributed by atoms with van der Waals surface area (Å²) in [5.74, 6) is -7.95. The number of nitrogens with zero attached hydrogens (tertiary/aromatic N) is 3. The van der Waals surface area contributed by atoms with Crippen molar-refractivity contribution in [2.75, 3.05) is 43.4 Å². The number of para-hydroxylation sites is 1. The largest absolute Gasteiger partial charge is 0.481 e. The van der Waals surface area contributed by atoms with E-state index in [4.69, 9.17) is 0 Å². The molecular weight excluding hydrogens is 1180 g/mol. The third kappa shape index (κ3) is 23.9. The summed E-state index contributed by atoms with van der Waals surface area (Å²) in [5, 5.41) is 47.4. The van der Waals surface area contributed by atoms with Crippen molar-refractivity contribution in [2.24, 2.45) is 5.92 Å². The summed E-state index contributed by atoms with van der Waals surface area (Å²) in [6.07, 6.45) is 4.82. The molecule has 23 nitrogen and oxygen atoms in total. The van der Waals surface area contributed by atoms with Crippen LogP contribution in [0.2, 0.25) is 0 Å². The van der Waals surface area contributed by atoms with Gasteiger partial charge in [-0.1, -0.05) is 63.1 Å². The van der Waals surface area contributed by atoms with Gasteiger partial charge in [-0.05, 0) is 106 Å². The van der Waals surface area contributed by atoms with Crippen molar-refractivity contribution in [1.29, 1.82) is 0 Å². The normalized spacial score (nSPS) is 14.0. The van der Waals surface area contributed by atoms with Gasteiger partial charge in [0.2, 0.25) is 35.4 Å². The molecule has 4 atom stereocenters. The number of pyridine rings is 1. The average molecular weight is 1260 g/mol. The quantitative estimate of drug-likeness (QED) is 0.0390. The first kappa shape index (κ1) is 65.0. The van der Waals surface area contributed by atoms with Crippen molar-refractivity contribution in [3.8, 4) is 0 Å². The minimum absolute atomic E-state index is 0.